The summed E-state index contributed by atoms with van der Waals surface area (Å²) in [7, 11) is -4.64. The van der Waals surface area contributed by atoms with Gasteiger partial charge < -0.3 is 30.0 Å². The van der Waals surface area contributed by atoms with Gasteiger partial charge in [-0.25, -0.2) is 4.57 Å². The Hall–Kier alpha value is 2.87. The Labute approximate surface area is 224 Å². The molecule has 0 saturated heterocycles. The third kappa shape index (κ3) is 45.2. The fourth-order valence-electron chi connectivity index (χ4n) is 1.11. The molecule has 0 aromatic rings. The van der Waals surface area contributed by atoms with E-state index in [0.717, 1.165) is 51.2 Å². The van der Waals surface area contributed by atoms with E-state index in [2.05, 4.69) is 95.6 Å². The first-order valence-electron chi connectivity index (χ1n) is 8.51. The van der Waals surface area contributed by atoms with Crippen LogP contribution in [0.4, 0.5) is 0 Å². The van der Waals surface area contributed by atoms with Gasteiger partial charge in [0.1, 0.15) is 0 Å². The van der Waals surface area contributed by atoms with Crippen LogP contribution in [-0.4, -0.2) is 81.8 Å². The lowest BCUT2D eigenvalue weighted by Crippen LogP contribution is -2.07. The summed E-state index contributed by atoms with van der Waals surface area (Å²) in [5.41, 5.74) is 0. The molecule has 3 atom stereocenters. The normalized spacial score (nSPS) is 13.5. The summed E-state index contributed by atoms with van der Waals surface area (Å²) >= 11 is 19.8. The molecule has 3 unspecified atom stereocenters. The molecule has 0 saturated carbocycles. The fraction of sp³-hybridized carbons (Fsp3) is 1.00. The Bertz CT molecular complexity index is 289. The SMILES string of the molecule is O=P(O)(O)O.OCC(CBr)CCBr.OCC(CBr)CCBr.OCC(CBr)CCBr. The van der Waals surface area contributed by atoms with Gasteiger partial charge in [0.2, 0.25) is 0 Å². The number of phosphoric acid groups is 1. The van der Waals surface area contributed by atoms with Crippen LogP contribution in [0.3, 0.4) is 0 Å². The van der Waals surface area contributed by atoms with E-state index in [1.165, 1.54) is 0 Å². The van der Waals surface area contributed by atoms with Crippen LogP contribution in [0.2, 0.25) is 0 Å². The van der Waals surface area contributed by atoms with Crippen LogP contribution in [0, 0.1) is 17.8 Å². The first-order chi connectivity index (χ1) is 13.5. The highest BCUT2D eigenvalue weighted by Crippen LogP contribution is 2.25. The van der Waals surface area contributed by atoms with Gasteiger partial charge in [-0.3, -0.25) is 0 Å². The summed E-state index contributed by atoms with van der Waals surface area (Å²) in [5, 5.41) is 31.4. The number of halogens is 6. The van der Waals surface area contributed by atoms with Gasteiger partial charge >= 0.3 is 7.82 Å². The molecule has 29 heavy (non-hydrogen) atoms. The molecule has 6 N–H and O–H groups in total. The number of hydrogen-bond donors (Lipinski definition) is 6. The molecule has 0 aromatic carbocycles. The Balaban J connectivity index is -0.000000146. The summed E-state index contributed by atoms with van der Waals surface area (Å²) < 4.78 is 8.88. The smallest absolute Gasteiger partial charge is 0.396 e. The monoisotopic (exact) mass is 830 g/mol. The van der Waals surface area contributed by atoms with Crippen molar-refractivity contribution in [3.8, 4) is 0 Å². The second-order valence-corrected chi connectivity index (χ2v) is 10.9. The average Bonchev–Trinajstić information content (AvgIpc) is 2.68. The zero-order valence-corrected chi connectivity index (χ0v) is 26.4. The van der Waals surface area contributed by atoms with Gasteiger partial charge in [0.05, 0.1) is 0 Å². The first-order valence-corrected chi connectivity index (χ1v) is 16.8. The third-order valence-electron chi connectivity index (χ3n) is 2.98. The summed E-state index contributed by atoms with van der Waals surface area (Å²) in [6, 6.07) is 0. The molecular weight excluding hydrogens is 803 g/mol. The molecule has 0 amide bonds. The average molecular weight is 836 g/mol. The lowest BCUT2D eigenvalue weighted by molar-refractivity contribution is 0.238. The zero-order chi connectivity index (χ0) is 23.7. The summed E-state index contributed by atoms with van der Waals surface area (Å²) in [6.45, 7) is 0.866. The van der Waals surface area contributed by atoms with Crippen LogP contribution in [-0.2, 0) is 4.57 Å². The maximum atomic E-state index is 8.88. The van der Waals surface area contributed by atoms with E-state index in [-0.39, 0.29) is 19.8 Å². The predicted molar refractivity (Wildman–Crippen MR) is 143 cm³/mol. The third-order valence-corrected chi connectivity index (χ3v) is 7.10. The molecule has 0 heterocycles. The minimum absolute atomic E-state index is 0.289. The fourth-order valence-corrected chi connectivity index (χ4v) is 4.64. The predicted octanol–water partition coefficient (Wildman–Crippen LogP) is 4.40. The Kier molecular flexibility index (Phi) is 41.6. The Morgan fingerprint density at radius 1 is 0.552 bits per heavy atom. The Morgan fingerprint density at radius 2 is 0.724 bits per heavy atom. The standard InChI is InChI=1S/3C5H10Br2O.H3O4P/c3*6-2-1-5(3-7)4-8;1-5(2,3)4/h3*5,8H,1-4H2;(H3,1,2,3,4). The van der Waals surface area contributed by atoms with Crippen molar-refractivity contribution in [1.82, 2.24) is 0 Å². The molecular formula is C15H33Br6O7P. The van der Waals surface area contributed by atoms with Gasteiger partial charge in [0.15, 0.2) is 0 Å². The van der Waals surface area contributed by atoms with Crippen LogP contribution in [0.25, 0.3) is 0 Å². The minimum atomic E-state index is -4.64. The molecule has 0 fully saturated rings. The van der Waals surface area contributed by atoms with Crippen molar-refractivity contribution in [3.05, 3.63) is 0 Å². The maximum absolute atomic E-state index is 8.88. The van der Waals surface area contributed by atoms with Crippen LogP contribution in [0.1, 0.15) is 19.3 Å². The molecule has 0 aliphatic carbocycles. The van der Waals surface area contributed by atoms with Crippen molar-refractivity contribution in [1.29, 1.82) is 0 Å². The van der Waals surface area contributed by atoms with Gasteiger partial charge in [-0.05, 0) is 37.0 Å². The molecule has 0 aromatic heterocycles. The zero-order valence-electron chi connectivity index (χ0n) is 16.0. The Morgan fingerprint density at radius 3 is 0.759 bits per heavy atom. The summed E-state index contributed by atoms with van der Waals surface area (Å²) in [5.74, 6) is 1.28. The second-order valence-electron chi connectivity index (χ2n) is 5.55. The molecule has 0 bridgehead atoms. The number of rotatable bonds is 12. The van der Waals surface area contributed by atoms with Crippen molar-refractivity contribution in [3.63, 3.8) is 0 Å². The maximum Gasteiger partial charge on any atom is 0.466 e. The minimum Gasteiger partial charge on any atom is -0.396 e. The highest BCUT2D eigenvalue weighted by atomic mass is 79.9. The number of hydrogen-bond acceptors (Lipinski definition) is 4. The van der Waals surface area contributed by atoms with Gasteiger partial charge in [0, 0.05) is 51.8 Å². The van der Waals surface area contributed by atoms with Gasteiger partial charge in [-0.15, -0.1) is 0 Å². The van der Waals surface area contributed by atoms with Crippen molar-refractivity contribution in [2.24, 2.45) is 17.8 Å². The highest BCUT2D eigenvalue weighted by Gasteiger charge is 2.03. The van der Waals surface area contributed by atoms with Crippen molar-refractivity contribution >= 4 is 103 Å². The van der Waals surface area contributed by atoms with Crippen LogP contribution in [0.15, 0.2) is 0 Å². The van der Waals surface area contributed by atoms with E-state index >= 15 is 0 Å². The molecule has 0 spiro atoms. The topological polar surface area (TPSA) is 138 Å². The van der Waals surface area contributed by atoms with Crippen molar-refractivity contribution < 1.29 is 34.6 Å². The van der Waals surface area contributed by atoms with Gasteiger partial charge in [0.25, 0.3) is 0 Å². The van der Waals surface area contributed by atoms with Crippen LogP contribution < -0.4 is 0 Å². The lowest BCUT2D eigenvalue weighted by Gasteiger charge is -2.05. The van der Waals surface area contributed by atoms with Crippen LogP contribution in [0.5, 0.6) is 0 Å². The quantitative estimate of drug-likeness (QED) is 0.127. The molecule has 7 nitrogen and oxygen atoms in total. The molecule has 0 aliphatic rings. The van der Waals surface area contributed by atoms with Crippen molar-refractivity contribution in [2.45, 2.75) is 19.3 Å². The summed E-state index contributed by atoms with van der Waals surface area (Å²) in [6.07, 6.45) is 3.13. The van der Waals surface area contributed by atoms with E-state index in [1.807, 2.05) is 0 Å². The molecule has 0 rings (SSSR count). The highest BCUT2D eigenvalue weighted by molar-refractivity contribution is 9.10. The van der Waals surface area contributed by atoms with E-state index in [4.69, 9.17) is 34.6 Å². The molecule has 182 valence electrons. The van der Waals surface area contributed by atoms with Gasteiger partial charge in [-0.1, -0.05) is 95.6 Å². The van der Waals surface area contributed by atoms with Gasteiger partial charge in [-0.2, -0.15) is 0 Å². The molecule has 14 heteroatoms. The van der Waals surface area contributed by atoms with E-state index in [0.29, 0.717) is 17.8 Å². The van der Waals surface area contributed by atoms with Crippen molar-refractivity contribution in [2.75, 3.05) is 51.8 Å². The van der Waals surface area contributed by atoms with E-state index in [1.54, 1.807) is 0 Å². The lowest BCUT2D eigenvalue weighted by atomic mass is 10.1. The molecule has 0 radical (unpaired) electrons. The number of alkyl halides is 6. The number of aliphatic hydroxyl groups is 3. The summed E-state index contributed by atoms with van der Waals surface area (Å²) in [4.78, 5) is 21.6. The van der Waals surface area contributed by atoms with E-state index < -0.39 is 7.82 Å². The second kappa shape index (κ2) is 30.9. The first kappa shape index (κ1) is 39.1. The largest absolute Gasteiger partial charge is 0.466 e. The number of aliphatic hydroxyl groups excluding tert-OH is 3. The van der Waals surface area contributed by atoms with E-state index in [9.17, 15) is 0 Å². The van der Waals surface area contributed by atoms with Crippen LogP contribution >= 0.6 is 103 Å². The molecule has 0 aliphatic heterocycles.